The van der Waals surface area contributed by atoms with Gasteiger partial charge in [0, 0.05) is 0 Å². The second kappa shape index (κ2) is 4.26. The van der Waals surface area contributed by atoms with Crippen LogP contribution in [0.25, 0.3) is 0 Å². The van der Waals surface area contributed by atoms with Crippen molar-refractivity contribution in [3.63, 3.8) is 0 Å². The highest BCUT2D eigenvalue weighted by Crippen LogP contribution is 2.14. The molecule has 1 aliphatic heterocycles. The number of benzene rings is 2. The molecule has 0 fully saturated rings. The summed E-state index contributed by atoms with van der Waals surface area (Å²) in [6, 6.07) is 21.5. The fraction of sp³-hybridized carbons (Fsp3) is 0.200. The first-order chi connectivity index (χ1) is 7.95. The molecule has 0 N–H and O–H groups in total. The summed E-state index contributed by atoms with van der Waals surface area (Å²) in [5.41, 5.74) is 1.59. The van der Waals surface area contributed by atoms with Gasteiger partial charge in [-0.15, -0.1) is 0 Å². The fourth-order valence-corrected chi connectivity index (χ4v) is 5.45. The third-order valence-corrected chi connectivity index (χ3v) is 6.36. The van der Waals surface area contributed by atoms with Crippen molar-refractivity contribution in [1.29, 1.82) is 0 Å². The van der Waals surface area contributed by atoms with E-state index in [1.54, 1.807) is 15.9 Å². The Morgan fingerprint density at radius 1 is 0.812 bits per heavy atom. The monoisotopic (exact) mass is 223 g/mol. The molecule has 0 aromatic heterocycles. The van der Waals surface area contributed by atoms with Crippen molar-refractivity contribution in [1.82, 2.24) is 0 Å². The zero-order valence-electron chi connectivity index (χ0n) is 9.32. The van der Waals surface area contributed by atoms with Crippen LogP contribution >= 0.6 is 0 Å². The molecule has 0 radical (unpaired) electrons. The Balaban J connectivity index is 2.05. The number of hydrogen-bond donors (Lipinski definition) is 0. The highest BCUT2D eigenvalue weighted by Gasteiger charge is 2.08. The molecule has 0 unspecified atom stereocenters. The van der Waals surface area contributed by atoms with Crippen LogP contribution in [0.1, 0.15) is 12.0 Å². The van der Waals surface area contributed by atoms with E-state index < -0.39 is 8.80 Å². The van der Waals surface area contributed by atoms with Crippen molar-refractivity contribution in [2.24, 2.45) is 0 Å². The van der Waals surface area contributed by atoms with Crippen molar-refractivity contribution in [3.05, 3.63) is 60.2 Å². The van der Waals surface area contributed by atoms with Crippen molar-refractivity contribution >= 4 is 19.2 Å². The van der Waals surface area contributed by atoms with E-state index in [9.17, 15) is 0 Å². The van der Waals surface area contributed by atoms with Gasteiger partial charge < -0.3 is 0 Å². The summed E-state index contributed by atoms with van der Waals surface area (Å²) in [4.78, 5) is 0. The standard InChI is InChI=1S/C15H15Si/c1-2-9-14(10-3-1)16-12-6-8-13-7-4-5-11-15(13)16/h1-5,7,9-11H,6,8,12H2/q-1. The first kappa shape index (κ1) is 9.85. The molecule has 2 aromatic carbocycles. The van der Waals surface area contributed by atoms with Gasteiger partial charge in [-0.05, 0) is 6.42 Å². The van der Waals surface area contributed by atoms with E-state index in [0.717, 1.165) is 0 Å². The van der Waals surface area contributed by atoms with E-state index in [1.807, 2.05) is 0 Å². The lowest BCUT2D eigenvalue weighted by atomic mass is 10.1. The lowest BCUT2D eigenvalue weighted by Crippen LogP contribution is -2.45. The summed E-state index contributed by atoms with van der Waals surface area (Å²) >= 11 is 0. The van der Waals surface area contributed by atoms with Gasteiger partial charge in [0.25, 0.3) is 0 Å². The van der Waals surface area contributed by atoms with Gasteiger partial charge in [-0.25, -0.2) is 0 Å². The molecular formula is C15H15Si-. The number of fused-ring (bicyclic) bond motifs is 1. The first-order valence-corrected chi connectivity index (χ1v) is 7.65. The second-order valence-corrected chi connectivity index (χ2v) is 6.93. The van der Waals surface area contributed by atoms with Crippen molar-refractivity contribution in [2.45, 2.75) is 18.9 Å². The largest absolute Gasteiger partial charge is 0.251 e. The molecule has 16 heavy (non-hydrogen) atoms. The minimum absolute atomic E-state index is 0.482. The van der Waals surface area contributed by atoms with E-state index in [-0.39, 0.29) is 0 Å². The van der Waals surface area contributed by atoms with Crippen LogP contribution in [0.15, 0.2) is 54.6 Å². The summed E-state index contributed by atoms with van der Waals surface area (Å²) in [6.45, 7) is 0. The van der Waals surface area contributed by atoms with E-state index in [1.165, 1.54) is 18.9 Å². The van der Waals surface area contributed by atoms with Crippen LogP contribution in [0.2, 0.25) is 6.04 Å². The Labute approximate surface area is 98.6 Å². The van der Waals surface area contributed by atoms with Gasteiger partial charge in [0.1, 0.15) is 0 Å². The quantitative estimate of drug-likeness (QED) is 0.651. The zero-order valence-corrected chi connectivity index (χ0v) is 10.3. The minimum atomic E-state index is -0.482. The predicted octanol–water partition coefficient (Wildman–Crippen LogP) is 2.24. The zero-order chi connectivity index (χ0) is 10.8. The smallest absolute Gasteiger partial charge is 0.0331 e. The summed E-state index contributed by atoms with van der Waals surface area (Å²) in [7, 11) is -0.482. The third-order valence-electron chi connectivity index (χ3n) is 3.34. The second-order valence-electron chi connectivity index (χ2n) is 4.36. The molecule has 0 saturated carbocycles. The Hall–Kier alpha value is -1.34. The van der Waals surface area contributed by atoms with Crippen LogP contribution in [-0.2, 0) is 6.42 Å². The molecule has 1 aliphatic rings. The van der Waals surface area contributed by atoms with Crippen LogP contribution in [0.5, 0.6) is 0 Å². The van der Waals surface area contributed by atoms with Gasteiger partial charge in [0.05, 0.1) is 0 Å². The van der Waals surface area contributed by atoms with Crippen molar-refractivity contribution < 1.29 is 0 Å². The van der Waals surface area contributed by atoms with Crippen LogP contribution in [-0.4, -0.2) is 8.80 Å². The number of hydrogen-bond acceptors (Lipinski definition) is 0. The number of aryl methyl sites for hydroxylation is 1. The molecular weight excluding hydrogens is 208 g/mol. The minimum Gasteiger partial charge on any atom is -0.251 e. The number of rotatable bonds is 1. The maximum absolute atomic E-state index is 2.34. The van der Waals surface area contributed by atoms with Crippen LogP contribution in [0.4, 0.5) is 0 Å². The summed E-state index contributed by atoms with van der Waals surface area (Å²) in [6.07, 6.45) is 2.64. The molecule has 0 atom stereocenters. The van der Waals surface area contributed by atoms with Gasteiger partial charge in [-0.2, -0.15) is 16.4 Å². The van der Waals surface area contributed by atoms with Crippen LogP contribution < -0.4 is 10.4 Å². The molecule has 80 valence electrons. The molecule has 3 rings (SSSR count). The lowest BCUT2D eigenvalue weighted by Gasteiger charge is -2.38. The molecule has 0 bridgehead atoms. The molecule has 0 saturated heterocycles. The van der Waals surface area contributed by atoms with Crippen molar-refractivity contribution in [3.8, 4) is 0 Å². The Morgan fingerprint density at radius 3 is 2.44 bits per heavy atom. The molecule has 1 heteroatoms. The first-order valence-electron chi connectivity index (χ1n) is 5.95. The fourth-order valence-electron chi connectivity index (χ4n) is 2.56. The van der Waals surface area contributed by atoms with Crippen LogP contribution in [0.3, 0.4) is 0 Å². The van der Waals surface area contributed by atoms with E-state index in [2.05, 4.69) is 54.6 Å². The predicted molar refractivity (Wildman–Crippen MR) is 71.0 cm³/mol. The Kier molecular flexibility index (Phi) is 2.62. The average Bonchev–Trinajstić information content (AvgIpc) is 2.39. The Bertz CT molecular complexity index is 476. The van der Waals surface area contributed by atoms with Gasteiger partial charge in [0.15, 0.2) is 0 Å². The molecule has 2 aromatic rings. The van der Waals surface area contributed by atoms with E-state index >= 15 is 0 Å². The van der Waals surface area contributed by atoms with Crippen molar-refractivity contribution in [2.75, 3.05) is 0 Å². The normalized spacial score (nSPS) is 14.6. The summed E-state index contributed by atoms with van der Waals surface area (Å²) in [5, 5.41) is 3.21. The molecule has 0 aliphatic carbocycles. The van der Waals surface area contributed by atoms with Gasteiger partial charge in [-0.1, -0.05) is 66.6 Å². The SMILES string of the molecule is c1ccc([Si-]2CCCc3ccccc32)cc1. The maximum Gasteiger partial charge on any atom is -0.0331 e. The highest BCUT2D eigenvalue weighted by molar-refractivity contribution is 6.85. The lowest BCUT2D eigenvalue weighted by molar-refractivity contribution is 0.901. The molecule has 1 heterocycles. The van der Waals surface area contributed by atoms with Gasteiger partial charge in [-0.3, -0.25) is 8.80 Å². The summed E-state index contributed by atoms with van der Waals surface area (Å²) < 4.78 is 0. The third kappa shape index (κ3) is 1.72. The molecule has 0 amide bonds. The molecule has 0 spiro atoms. The topological polar surface area (TPSA) is 0 Å². The molecule has 0 nitrogen and oxygen atoms in total. The highest BCUT2D eigenvalue weighted by atomic mass is 28.3. The Morgan fingerprint density at radius 2 is 1.56 bits per heavy atom. The van der Waals surface area contributed by atoms with E-state index in [0.29, 0.717) is 0 Å². The van der Waals surface area contributed by atoms with Crippen LogP contribution in [0, 0.1) is 0 Å². The maximum atomic E-state index is 2.34. The average molecular weight is 223 g/mol. The summed E-state index contributed by atoms with van der Waals surface area (Å²) in [5.74, 6) is 0. The van der Waals surface area contributed by atoms with Gasteiger partial charge >= 0.3 is 0 Å². The van der Waals surface area contributed by atoms with Gasteiger partial charge in [0.2, 0.25) is 0 Å². The van der Waals surface area contributed by atoms with E-state index in [4.69, 9.17) is 0 Å².